The Bertz CT molecular complexity index is 1150. The minimum atomic E-state index is -4.43. The molecule has 0 unspecified atom stereocenters. The van der Waals surface area contributed by atoms with Gasteiger partial charge in [0.1, 0.15) is 0 Å². The van der Waals surface area contributed by atoms with Crippen molar-refractivity contribution in [3.8, 4) is 26.7 Å². The SMILES string of the molecule is FC(F)(F)c1ccc(-c2ccc(-c3ccnn3-c3ccccc3Cl)s2)c(Cl)c1. The Balaban J connectivity index is 1.73. The topological polar surface area (TPSA) is 17.8 Å². The number of alkyl halides is 3. The van der Waals surface area contributed by atoms with Crippen molar-refractivity contribution in [3.05, 3.63) is 82.5 Å². The van der Waals surface area contributed by atoms with Crippen molar-refractivity contribution in [2.24, 2.45) is 0 Å². The fraction of sp³-hybridized carbons (Fsp3) is 0.0500. The van der Waals surface area contributed by atoms with Crippen LogP contribution in [0, 0.1) is 0 Å². The Morgan fingerprint density at radius 2 is 1.61 bits per heavy atom. The van der Waals surface area contributed by atoms with E-state index in [0.717, 1.165) is 33.3 Å². The van der Waals surface area contributed by atoms with Gasteiger partial charge in [-0.15, -0.1) is 11.3 Å². The second-order valence-electron chi connectivity index (χ2n) is 5.94. The number of thiophene rings is 1. The highest BCUT2D eigenvalue weighted by Crippen LogP contribution is 2.40. The predicted octanol–water partition coefficient (Wildman–Crippen LogP) is 7.59. The van der Waals surface area contributed by atoms with E-state index >= 15 is 0 Å². The Kier molecular flexibility index (Phi) is 4.95. The molecule has 0 atom stereocenters. The molecule has 8 heteroatoms. The lowest BCUT2D eigenvalue weighted by atomic mass is 10.1. The van der Waals surface area contributed by atoms with Crippen molar-refractivity contribution in [3.63, 3.8) is 0 Å². The molecule has 0 N–H and O–H groups in total. The average molecular weight is 439 g/mol. The molecular formula is C20H11Cl2F3N2S. The Hall–Kier alpha value is -2.28. The van der Waals surface area contributed by atoms with Gasteiger partial charge in [-0.1, -0.05) is 41.4 Å². The molecule has 2 aromatic heterocycles. The number of nitrogens with zero attached hydrogens (tertiary/aromatic N) is 2. The van der Waals surface area contributed by atoms with Gasteiger partial charge in [-0.3, -0.25) is 0 Å². The average Bonchev–Trinajstić information content (AvgIpc) is 3.30. The summed E-state index contributed by atoms with van der Waals surface area (Å²) in [5.41, 5.74) is 1.35. The van der Waals surface area contributed by atoms with Gasteiger partial charge in [0, 0.05) is 15.5 Å². The van der Waals surface area contributed by atoms with Crippen LogP contribution >= 0.6 is 34.5 Å². The molecule has 0 saturated carbocycles. The maximum atomic E-state index is 12.9. The zero-order chi connectivity index (χ0) is 19.9. The monoisotopic (exact) mass is 438 g/mol. The fourth-order valence-electron chi connectivity index (χ4n) is 2.82. The van der Waals surface area contributed by atoms with E-state index in [9.17, 15) is 13.2 Å². The first kappa shape index (κ1) is 19.1. The Labute approximate surface area is 172 Å². The van der Waals surface area contributed by atoms with E-state index in [2.05, 4.69) is 5.10 Å². The molecule has 28 heavy (non-hydrogen) atoms. The highest BCUT2D eigenvalue weighted by molar-refractivity contribution is 7.18. The molecule has 2 aromatic carbocycles. The first-order chi connectivity index (χ1) is 13.3. The zero-order valence-corrected chi connectivity index (χ0v) is 16.4. The number of hydrogen-bond acceptors (Lipinski definition) is 2. The summed E-state index contributed by atoms with van der Waals surface area (Å²) >= 11 is 13.8. The van der Waals surface area contributed by atoms with Crippen LogP contribution in [0.15, 0.2) is 66.9 Å². The van der Waals surface area contributed by atoms with Crippen LogP contribution in [0.1, 0.15) is 5.56 Å². The summed E-state index contributed by atoms with van der Waals surface area (Å²) in [6, 6.07) is 16.3. The summed E-state index contributed by atoms with van der Waals surface area (Å²) in [6.45, 7) is 0. The van der Waals surface area contributed by atoms with Gasteiger partial charge in [-0.2, -0.15) is 18.3 Å². The van der Waals surface area contributed by atoms with E-state index < -0.39 is 11.7 Å². The van der Waals surface area contributed by atoms with Crippen molar-refractivity contribution in [1.82, 2.24) is 9.78 Å². The fourth-order valence-corrected chi connectivity index (χ4v) is 4.43. The van der Waals surface area contributed by atoms with Crippen LogP contribution in [0.5, 0.6) is 0 Å². The summed E-state index contributed by atoms with van der Waals surface area (Å²) in [7, 11) is 0. The van der Waals surface area contributed by atoms with Gasteiger partial charge in [0.15, 0.2) is 0 Å². The Morgan fingerprint density at radius 3 is 2.32 bits per heavy atom. The summed E-state index contributed by atoms with van der Waals surface area (Å²) in [5.74, 6) is 0. The minimum Gasteiger partial charge on any atom is -0.231 e. The summed E-state index contributed by atoms with van der Waals surface area (Å²) < 4.78 is 40.3. The quantitative estimate of drug-likeness (QED) is 0.322. The Morgan fingerprint density at radius 1 is 0.857 bits per heavy atom. The minimum absolute atomic E-state index is 0.0582. The maximum absolute atomic E-state index is 12.9. The largest absolute Gasteiger partial charge is 0.416 e. The van der Waals surface area contributed by atoms with Gasteiger partial charge in [0.2, 0.25) is 0 Å². The number of rotatable bonds is 3. The number of benzene rings is 2. The second kappa shape index (κ2) is 7.28. The van der Waals surface area contributed by atoms with Crippen molar-refractivity contribution >= 4 is 34.5 Å². The summed E-state index contributed by atoms with van der Waals surface area (Å²) in [6.07, 6.45) is -2.76. The van der Waals surface area contributed by atoms with Gasteiger partial charge < -0.3 is 0 Å². The molecule has 4 rings (SSSR count). The van der Waals surface area contributed by atoms with Crippen molar-refractivity contribution in [1.29, 1.82) is 0 Å². The van der Waals surface area contributed by atoms with Crippen LogP contribution in [0.25, 0.3) is 26.7 Å². The van der Waals surface area contributed by atoms with E-state index in [1.807, 2.05) is 36.4 Å². The van der Waals surface area contributed by atoms with Gasteiger partial charge >= 0.3 is 6.18 Å². The molecular weight excluding hydrogens is 428 g/mol. The molecule has 0 aliphatic rings. The number of halogens is 5. The van der Waals surface area contributed by atoms with Crippen molar-refractivity contribution in [2.75, 3.05) is 0 Å². The standard InChI is InChI=1S/C20H11Cl2F3N2S/c21-14-3-1-2-4-16(14)27-17(9-10-26-27)19-8-7-18(28-19)13-6-5-12(11-15(13)22)20(23,24)25/h1-11H. The molecule has 0 aliphatic carbocycles. The lowest BCUT2D eigenvalue weighted by molar-refractivity contribution is -0.137. The molecule has 2 heterocycles. The number of para-hydroxylation sites is 1. The van der Waals surface area contributed by atoms with Gasteiger partial charge in [-0.25, -0.2) is 4.68 Å². The molecule has 0 spiro atoms. The number of hydrogen-bond donors (Lipinski definition) is 0. The smallest absolute Gasteiger partial charge is 0.231 e. The molecule has 0 radical (unpaired) electrons. The van der Waals surface area contributed by atoms with Crippen molar-refractivity contribution < 1.29 is 13.2 Å². The zero-order valence-electron chi connectivity index (χ0n) is 14.0. The number of aromatic nitrogens is 2. The first-order valence-corrected chi connectivity index (χ1v) is 9.68. The van der Waals surface area contributed by atoms with E-state index in [1.54, 1.807) is 16.9 Å². The van der Waals surface area contributed by atoms with Crippen LogP contribution < -0.4 is 0 Å². The van der Waals surface area contributed by atoms with Gasteiger partial charge in [0.25, 0.3) is 0 Å². The maximum Gasteiger partial charge on any atom is 0.416 e. The first-order valence-electron chi connectivity index (χ1n) is 8.11. The van der Waals surface area contributed by atoms with E-state index in [1.165, 1.54) is 17.4 Å². The van der Waals surface area contributed by atoms with E-state index in [0.29, 0.717) is 10.6 Å². The molecule has 0 saturated heterocycles. The summed E-state index contributed by atoms with van der Waals surface area (Å²) in [4.78, 5) is 1.66. The molecule has 0 aliphatic heterocycles. The third kappa shape index (κ3) is 3.55. The van der Waals surface area contributed by atoms with Crippen LogP contribution in [0.4, 0.5) is 13.2 Å². The lowest BCUT2D eigenvalue weighted by Gasteiger charge is -2.09. The highest BCUT2D eigenvalue weighted by atomic mass is 35.5. The van der Waals surface area contributed by atoms with Gasteiger partial charge in [0.05, 0.1) is 33.0 Å². The molecule has 0 amide bonds. The molecule has 0 bridgehead atoms. The molecule has 0 fully saturated rings. The third-order valence-corrected chi connectivity index (χ3v) is 5.92. The van der Waals surface area contributed by atoms with Crippen LogP contribution in [0.3, 0.4) is 0 Å². The van der Waals surface area contributed by atoms with Crippen LogP contribution in [-0.4, -0.2) is 9.78 Å². The van der Waals surface area contributed by atoms with E-state index in [4.69, 9.17) is 23.2 Å². The lowest BCUT2D eigenvalue weighted by Crippen LogP contribution is -2.04. The molecule has 4 aromatic rings. The highest BCUT2D eigenvalue weighted by Gasteiger charge is 2.31. The predicted molar refractivity (Wildman–Crippen MR) is 107 cm³/mol. The van der Waals surface area contributed by atoms with Crippen LogP contribution in [0.2, 0.25) is 10.0 Å². The van der Waals surface area contributed by atoms with Crippen molar-refractivity contribution in [2.45, 2.75) is 6.18 Å². The van der Waals surface area contributed by atoms with Crippen LogP contribution in [-0.2, 0) is 6.18 Å². The normalized spacial score (nSPS) is 11.8. The molecule has 142 valence electrons. The van der Waals surface area contributed by atoms with Gasteiger partial charge in [-0.05, 0) is 42.5 Å². The molecule has 2 nitrogen and oxygen atoms in total. The second-order valence-corrected chi connectivity index (χ2v) is 7.83. The third-order valence-electron chi connectivity index (χ3n) is 4.14. The van der Waals surface area contributed by atoms with E-state index in [-0.39, 0.29) is 5.02 Å². The summed E-state index contributed by atoms with van der Waals surface area (Å²) in [5, 5.41) is 4.97.